The van der Waals surface area contributed by atoms with Crippen LogP contribution in [0.4, 0.5) is 23.7 Å². The number of carboxylic acids is 1. The van der Waals surface area contributed by atoms with E-state index in [0.29, 0.717) is 43.9 Å². The Morgan fingerprint density at radius 2 is 1.86 bits per heavy atom. The summed E-state index contributed by atoms with van der Waals surface area (Å²) in [4.78, 5) is 25.4. The standard InChI is InChI=1S/C34H45F3N6O6/c1-33(2,3)49-32(46)38-13-6-7-25-21-26-28(8-5-9-29(26)42(25)23-34(35,36)37)40-27-11-15-41(4)22-24(27)12-17-47-19-20-48-18-16-43-30(31(44)45)10-14-39-43/h5,8-10,14,21,24,27,40H,11-13,15-20,22-23H2,1-4H3,(H,38,46)(H,44,45). The molecule has 0 saturated carbocycles. The van der Waals surface area contributed by atoms with Gasteiger partial charge in [0.15, 0.2) is 0 Å². The van der Waals surface area contributed by atoms with Crippen LogP contribution in [0, 0.1) is 17.8 Å². The quantitative estimate of drug-likeness (QED) is 0.161. The third-order valence-corrected chi connectivity index (χ3v) is 7.89. The highest BCUT2D eigenvalue weighted by atomic mass is 19.4. The summed E-state index contributed by atoms with van der Waals surface area (Å²) in [5.41, 5.74) is 0.746. The second-order valence-corrected chi connectivity index (χ2v) is 12.9. The summed E-state index contributed by atoms with van der Waals surface area (Å²) in [6.45, 7) is 7.47. The Kier molecular flexibility index (Phi) is 13.0. The minimum Gasteiger partial charge on any atom is -0.477 e. The number of anilines is 1. The van der Waals surface area contributed by atoms with Crippen molar-refractivity contribution in [3.05, 3.63) is 47.9 Å². The Hall–Kier alpha value is -4.26. The lowest BCUT2D eigenvalue weighted by Gasteiger charge is -2.38. The van der Waals surface area contributed by atoms with Crippen molar-refractivity contribution in [2.75, 3.05) is 58.4 Å². The lowest BCUT2D eigenvalue weighted by atomic mass is 9.89. The van der Waals surface area contributed by atoms with Crippen LogP contribution in [0.2, 0.25) is 0 Å². The topological polar surface area (TPSA) is 132 Å². The van der Waals surface area contributed by atoms with Crippen molar-refractivity contribution < 1.29 is 42.1 Å². The van der Waals surface area contributed by atoms with Crippen LogP contribution in [0.1, 0.15) is 49.8 Å². The van der Waals surface area contributed by atoms with Crippen LogP contribution in [-0.2, 0) is 27.3 Å². The Balaban J connectivity index is 1.36. The Morgan fingerprint density at radius 1 is 1.10 bits per heavy atom. The van der Waals surface area contributed by atoms with Gasteiger partial charge in [0, 0.05) is 36.5 Å². The molecule has 0 bridgehead atoms. The first-order valence-corrected chi connectivity index (χ1v) is 16.2. The predicted molar refractivity (Wildman–Crippen MR) is 178 cm³/mol. The van der Waals surface area contributed by atoms with Crippen LogP contribution in [0.3, 0.4) is 0 Å². The number of carbonyl (C=O) groups is 2. The molecule has 0 radical (unpaired) electrons. The SMILES string of the molecule is CN1CCC(Nc2cccc3c2cc(C#CCNC(=O)OC(C)(C)C)n3CC(F)(F)F)C(CCOCCOCCn2nccc2C(=O)O)C1. The van der Waals surface area contributed by atoms with Gasteiger partial charge >= 0.3 is 18.2 Å². The van der Waals surface area contributed by atoms with Gasteiger partial charge in [0.05, 0.1) is 44.1 Å². The first-order chi connectivity index (χ1) is 23.2. The van der Waals surface area contributed by atoms with E-state index in [1.165, 1.54) is 16.9 Å². The maximum Gasteiger partial charge on any atom is 0.408 e. The van der Waals surface area contributed by atoms with Crippen molar-refractivity contribution in [2.24, 2.45) is 5.92 Å². The van der Waals surface area contributed by atoms with Gasteiger partial charge in [0.2, 0.25) is 0 Å². The number of alkyl carbamates (subject to hydrolysis) is 1. The van der Waals surface area contributed by atoms with Crippen molar-refractivity contribution >= 4 is 28.7 Å². The highest BCUT2D eigenvalue weighted by molar-refractivity contribution is 5.94. The number of fused-ring (bicyclic) bond motifs is 1. The van der Waals surface area contributed by atoms with Crippen molar-refractivity contribution in [1.82, 2.24) is 24.6 Å². The number of carbonyl (C=O) groups excluding carboxylic acids is 1. The number of rotatable bonds is 14. The maximum absolute atomic E-state index is 13.7. The number of halogens is 3. The van der Waals surface area contributed by atoms with E-state index in [0.717, 1.165) is 36.2 Å². The summed E-state index contributed by atoms with van der Waals surface area (Å²) in [7, 11) is 2.06. The van der Waals surface area contributed by atoms with E-state index >= 15 is 0 Å². The van der Waals surface area contributed by atoms with Gasteiger partial charge in [0.25, 0.3) is 0 Å². The normalized spacial score (nSPS) is 17.0. The molecule has 2 aromatic heterocycles. The van der Waals surface area contributed by atoms with Gasteiger partial charge in [-0.25, -0.2) is 9.59 Å². The fourth-order valence-corrected chi connectivity index (χ4v) is 5.73. The molecule has 1 aliphatic heterocycles. The van der Waals surface area contributed by atoms with Gasteiger partial charge < -0.3 is 39.4 Å². The number of alkyl halides is 3. The molecule has 3 heterocycles. The zero-order valence-corrected chi connectivity index (χ0v) is 28.3. The number of benzene rings is 1. The zero-order chi connectivity index (χ0) is 35.6. The van der Waals surface area contributed by atoms with Gasteiger partial charge in [-0.05, 0) is 83.3 Å². The molecule has 268 valence electrons. The first-order valence-electron chi connectivity index (χ1n) is 16.2. The van der Waals surface area contributed by atoms with E-state index in [-0.39, 0.29) is 29.9 Å². The fraction of sp³-hybridized carbons (Fsp3) is 0.559. The zero-order valence-electron chi connectivity index (χ0n) is 28.3. The molecule has 2 unspecified atom stereocenters. The smallest absolute Gasteiger partial charge is 0.408 e. The average Bonchev–Trinajstić information content (AvgIpc) is 3.61. The number of hydrogen-bond donors (Lipinski definition) is 3. The molecule has 12 nitrogen and oxygen atoms in total. The van der Waals surface area contributed by atoms with E-state index in [9.17, 15) is 22.8 Å². The number of carboxylic acid groups (broad SMARTS) is 1. The van der Waals surface area contributed by atoms with Gasteiger partial charge in [-0.15, -0.1) is 0 Å². The van der Waals surface area contributed by atoms with E-state index in [4.69, 9.17) is 19.3 Å². The summed E-state index contributed by atoms with van der Waals surface area (Å²) in [6.07, 6.45) is -2.07. The fourth-order valence-electron chi connectivity index (χ4n) is 5.73. The molecule has 3 aromatic rings. The van der Waals surface area contributed by atoms with Crippen LogP contribution in [0.25, 0.3) is 10.9 Å². The van der Waals surface area contributed by atoms with Crippen LogP contribution in [0.15, 0.2) is 36.5 Å². The van der Waals surface area contributed by atoms with Crippen LogP contribution >= 0.6 is 0 Å². The first kappa shape index (κ1) is 37.6. The number of likely N-dealkylation sites (tertiary alicyclic amines) is 1. The van der Waals surface area contributed by atoms with Crippen LogP contribution < -0.4 is 10.6 Å². The van der Waals surface area contributed by atoms with Crippen LogP contribution in [0.5, 0.6) is 0 Å². The van der Waals surface area contributed by atoms with E-state index in [1.54, 1.807) is 39.0 Å². The molecular weight excluding hydrogens is 645 g/mol. The molecule has 1 amide bonds. The van der Waals surface area contributed by atoms with Crippen molar-refractivity contribution in [3.63, 3.8) is 0 Å². The number of amides is 1. The number of piperidine rings is 1. The second-order valence-electron chi connectivity index (χ2n) is 12.9. The van der Waals surface area contributed by atoms with Gasteiger partial charge in [-0.3, -0.25) is 4.68 Å². The van der Waals surface area contributed by atoms with Gasteiger partial charge in [0.1, 0.15) is 17.8 Å². The highest BCUT2D eigenvalue weighted by Gasteiger charge is 2.31. The third-order valence-electron chi connectivity index (χ3n) is 7.89. The Labute approximate surface area is 283 Å². The molecule has 0 spiro atoms. The van der Waals surface area contributed by atoms with Crippen molar-refractivity contribution in [2.45, 2.75) is 64.5 Å². The van der Waals surface area contributed by atoms with E-state index in [2.05, 4.69) is 39.5 Å². The summed E-state index contributed by atoms with van der Waals surface area (Å²) < 4.78 is 60.2. The lowest BCUT2D eigenvalue weighted by Crippen LogP contribution is -2.45. The third kappa shape index (κ3) is 11.7. The molecule has 4 rings (SSSR count). The van der Waals surface area contributed by atoms with Crippen LogP contribution in [-0.4, -0.2) is 107 Å². The average molecular weight is 691 g/mol. The second kappa shape index (κ2) is 16.9. The van der Waals surface area contributed by atoms with E-state index in [1.807, 2.05) is 6.07 Å². The monoisotopic (exact) mass is 690 g/mol. The highest BCUT2D eigenvalue weighted by Crippen LogP contribution is 2.32. The minimum atomic E-state index is -4.46. The summed E-state index contributed by atoms with van der Waals surface area (Å²) in [5.74, 6) is 4.74. The molecular formula is C34H45F3N6O6. The Morgan fingerprint density at radius 3 is 2.57 bits per heavy atom. The lowest BCUT2D eigenvalue weighted by molar-refractivity contribution is -0.140. The molecule has 1 saturated heterocycles. The molecule has 49 heavy (non-hydrogen) atoms. The number of nitrogens with zero attached hydrogens (tertiary/aromatic N) is 4. The number of ether oxygens (including phenoxy) is 3. The van der Waals surface area contributed by atoms with Gasteiger partial charge in [-0.2, -0.15) is 18.3 Å². The molecule has 3 N–H and O–H groups in total. The van der Waals surface area contributed by atoms with Crippen molar-refractivity contribution in [1.29, 1.82) is 0 Å². The number of hydrogen-bond acceptors (Lipinski definition) is 8. The summed E-state index contributed by atoms with van der Waals surface area (Å²) >= 11 is 0. The molecule has 1 fully saturated rings. The van der Waals surface area contributed by atoms with Crippen molar-refractivity contribution in [3.8, 4) is 11.8 Å². The molecule has 1 aromatic carbocycles. The number of nitrogens with one attached hydrogen (secondary N) is 2. The molecule has 15 heteroatoms. The summed E-state index contributed by atoms with van der Waals surface area (Å²) in [6, 6.07) is 8.42. The van der Waals surface area contributed by atoms with Gasteiger partial charge in [-0.1, -0.05) is 12.0 Å². The minimum absolute atomic E-state index is 0.0673. The number of aromatic nitrogens is 3. The Bertz CT molecular complexity index is 1620. The molecule has 0 aliphatic carbocycles. The maximum atomic E-state index is 13.7. The largest absolute Gasteiger partial charge is 0.477 e. The van der Waals surface area contributed by atoms with E-state index < -0.39 is 30.4 Å². The number of aromatic carboxylic acids is 1. The predicted octanol–water partition coefficient (Wildman–Crippen LogP) is 4.83. The molecule has 1 aliphatic rings. The summed E-state index contributed by atoms with van der Waals surface area (Å²) in [5, 5.41) is 19.9. The molecule has 2 atom stereocenters.